The topological polar surface area (TPSA) is 124 Å². The van der Waals surface area contributed by atoms with E-state index in [-0.39, 0.29) is 5.69 Å². The first-order valence-corrected chi connectivity index (χ1v) is 7.94. The van der Waals surface area contributed by atoms with Gasteiger partial charge in [-0.2, -0.15) is 5.10 Å². The molecular formula is C15H15N9O2. The van der Waals surface area contributed by atoms with E-state index in [4.69, 9.17) is 4.74 Å². The van der Waals surface area contributed by atoms with Gasteiger partial charge in [0.05, 0.1) is 13.2 Å². The van der Waals surface area contributed by atoms with Gasteiger partial charge in [0.15, 0.2) is 11.5 Å². The predicted octanol–water partition coefficient (Wildman–Crippen LogP) is -0.0638. The van der Waals surface area contributed by atoms with Crippen molar-refractivity contribution in [2.24, 2.45) is 0 Å². The van der Waals surface area contributed by atoms with E-state index in [0.717, 1.165) is 18.9 Å². The third-order valence-electron chi connectivity index (χ3n) is 3.77. The number of anilines is 2. The van der Waals surface area contributed by atoms with Gasteiger partial charge in [0, 0.05) is 19.2 Å². The van der Waals surface area contributed by atoms with Crippen LogP contribution in [0.25, 0.3) is 5.82 Å². The number of amides is 1. The highest BCUT2D eigenvalue weighted by Crippen LogP contribution is 2.16. The number of ether oxygens (including phenoxy) is 1. The normalized spacial score (nSPS) is 14.2. The van der Waals surface area contributed by atoms with Crippen molar-refractivity contribution in [2.75, 3.05) is 36.5 Å². The Morgan fingerprint density at radius 3 is 2.69 bits per heavy atom. The zero-order valence-electron chi connectivity index (χ0n) is 13.7. The lowest BCUT2D eigenvalue weighted by molar-refractivity contribution is 0.102. The molecule has 4 heterocycles. The Kier molecular flexibility index (Phi) is 4.43. The Balaban J connectivity index is 1.46. The minimum Gasteiger partial charge on any atom is -0.378 e. The Hall–Kier alpha value is -3.47. The summed E-state index contributed by atoms with van der Waals surface area (Å²) in [5.41, 5.74) is 0.167. The zero-order chi connectivity index (χ0) is 17.8. The van der Waals surface area contributed by atoms with Gasteiger partial charge in [0.25, 0.3) is 5.91 Å². The number of aromatic nitrogens is 7. The van der Waals surface area contributed by atoms with Gasteiger partial charge >= 0.3 is 0 Å². The van der Waals surface area contributed by atoms with E-state index in [1.165, 1.54) is 23.7 Å². The molecule has 0 aliphatic carbocycles. The fourth-order valence-electron chi connectivity index (χ4n) is 2.46. The summed E-state index contributed by atoms with van der Waals surface area (Å²) in [5.74, 6) is 1.20. The van der Waals surface area contributed by atoms with E-state index in [1.807, 2.05) is 0 Å². The van der Waals surface area contributed by atoms with E-state index in [0.29, 0.717) is 24.8 Å². The van der Waals surface area contributed by atoms with Crippen LogP contribution in [0.3, 0.4) is 0 Å². The lowest BCUT2D eigenvalue weighted by Crippen LogP contribution is -2.36. The molecule has 1 saturated heterocycles. The highest BCUT2D eigenvalue weighted by molar-refractivity contribution is 6.02. The molecule has 1 N–H and O–H groups in total. The van der Waals surface area contributed by atoms with Crippen LogP contribution in [0.1, 0.15) is 10.5 Å². The summed E-state index contributed by atoms with van der Waals surface area (Å²) in [4.78, 5) is 26.6. The molecule has 132 valence electrons. The van der Waals surface area contributed by atoms with E-state index >= 15 is 0 Å². The van der Waals surface area contributed by atoms with E-state index < -0.39 is 5.91 Å². The van der Waals surface area contributed by atoms with Gasteiger partial charge in [-0.25, -0.2) is 19.6 Å². The number of carbonyl (C=O) groups is 1. The number of nitrogens with one attached hydrogen (secondary N) is 1. The van der Waals surface area contributed by atoms with Crippen molar-refractivity contribution in [2.45, 2.75) is 0 Å². The summed E-state index contributed by atoms with van der Waals surface area (Å²) in [6.45, 7) is 2.80. The largest absolute Gasteiger partial charge is 0.378 e. The second kappa shape index (κ2) is 7.19. The second-order valence-corrected chi connectivity index (χ2v) is 5.43. The van der Waals surface area contributed by atoms with Crippen LogP contribution < -0.4 is 10.2 Å². The number of carbonyl (C=O) groups excluding carboxylic acids is 1. The number of hydrogen-bond acceptors (Lipinski definition) is 9. The molecule has 1 aliphatic rings. The first-order chi connectivity index (χ1) is 12.8. The molecule has 0 spiro atoms. The van der Waals surface area contributed by atoms with Gasteiger partial charge in [0.2, 0.25) is 0 Å². The maximum Gasteiger partial charge on any atom is 0.277 e. The van der Waals surface area contributed by atoms with E-state index in [9.17, 15) is 4.79 Å². The molecule has 1 fully saturated rings. The Bertz CT molecular complexity index is 876. The van der Waals surface area contributed by atoms with Crippen LogP contribution in [0, 0.1) is 0 Å². The van der Waals surface area contributed by atoms with Gasteiger partial charge in [0.1, 0.15) is 30.6 Å². The lowest BCUT2D eigenvalue weighted by atomic mass is 10.3. The summed E-state index contributed by atoms with van der Waals surface area (Å²) in [6, 6.07) is 4.92. The van der Waals surface area contributed by atoms with Crippen molar-refractivity contribution in [1.29, 1.82) is 0 Å². The molecule has 26 heavy (non-hydrogen) atoms. The summed E-state index contributed by atoms with van der Waals surface area (Å²) < 4.78 is 6.78. The Morgan fingerprint density at radius 1 is 1.08 bits per heavy atom. The van der Waals surface area contributed by atoms with Gasteiger partial charge in [-0.05, 0) is 12.1 Å². The zero-order valence-corrected chi connectivity index (χ0v) is 13.7. The third kappa shape index (κ3) is 3.47. The minimum atomic E-state index is -0.408. The van der Waals surface area contributed by atoms with Crippen LogP contribution in [-0.4, -0.2) is 67.1 Å². The average molecular weight is 353 g/mol. The fourth-order valence-corrected chi connectivity index (χ4v) is 2.46. The smallest absolute Gasteiger partial charge is 0.277 e. The summed E-state index contributed by atoms with van der Waals surface area (Å²) in [5, 5.41) is 14.6. The van der Waals surface area contributed by atoms with Crippen molar-refractivity contribution in [1.82, 2.24) is 34.9 Å². The molecule has 4 rings (SSSR count). The molecule has 0 bridgehead atoms. The van der Waals surface area contributed by atoms with Crippen molar-refractivity contribution in [3.8, 4) is 5.82 Å². The van der Waals surface area contributed by atoms with Crippen LogP contribution in [0.2, 0.25) is 0 Å². The van der Waals surface area contributed by atoms with Gasteiger partial charge in [-0.1, -0.05) is 0 Å². The molecule has 11 heteroatoms. The molecule has 11 nitrogen and oxygen atoms in total. The standard InChI is InChI=1S/C15H15N9O2/c25-15(11-1-2-13(22-21-11)24-10-16-8-19-24)20-12-7-14(18-9-17-12)23-3-5-26-6-4-23/h1-2,7-10H,3-6H2,(H,17,18,20,25). The molecule has 0 unspecified atom stereocenters. The number of morpholine rings is 1. The van der Waals surface area contributed by atoms with E-state index in [2.05, 4.69) is 40.5 Å². The monoisotopic (exact) mass is 353 g/mol. The molecule has 0 atom stereocenters. The quantitative estimate of drug-likeness (QED) is 0.686. The van der Waals surface area contributed by atoms with Crippen LogP contribution in [-0.2, 0) is 4.74 Å². The highest BCUT2D eigenvalue weighted by Gasteiger charge is 2.15. The average Bonchev–Trinajstić information content (AvgIpc) is 3.24. The molecule has 1 amide bonds. The van der Waals surface area contributed by atoms with Crippen LogP contribution in [0.5, 0.6) is 0 Å². The first kappa shape index (κ1) is 16.0. The summed E-state index contributed by atoms with van der Waals surface area (Å²) >= 11 is 0. The van der Waals surface area contributed by atoms with Gasteiger partial charge in [-0.3, -0.25) is 4.79 Å². The Labute approximate surface area is 148 Å². The molecule has 0 aromatic carbocycles. The van der Waals surface area contributed by atoms with Crippen molar-refractivity contribution in [3.63, 3.8) is 0 Å². The molecule has 0 saturated carbocycles. The van der Waals surface area contributed by atoms with Gasteiger partial charge in [-0.15, -0.1) is 10.2 Å². The van der Waals surface area contributed by atoms with Gasteiger partial charge < -0.3 is 15.0 Å². The SMILES string of the molecule is O=C(Nc1cc(N2CCOCC2)ncn1)c1ccc(-n2cncn2)nn1. The van der Waals surface area contributed by atoms with Crippen molar-refractivity contribution in [3.05, 3.63) is 42.9 Å². The lowest BCUT2D eigenvalue weighted by Gasteiger charge is -2.27. The summed E-state index contributed by atoms with van der Waals surface area (Å²) in [7, 11) is 0. The second-order valence-electron chi connectivity index (χ2n) is 5.43. The van der Waals surface area contributed by atoms with Crippen molar-refractivity contribution >= 4 is 17.5 Å². The van der Waals surface area contributed by atoms with Crippen LogP contribution >= 0.6 is 0 Å². The predicted molar refractivity (Wildman–Crippen MR) is 90.0 cm³/mol. The highest BCUT2D eigenvalue weighted by atomic mass is 16.5. The maximum atomic E-state index is 12.4. The third-order valence-corrected chi connectivity index (χ3v) is 3.77. The fraction of sp³-hybridized carbons (Fsp3) is 0.267. The first-order valence-electron chi connectivity index (χ1n) is 7.94. The molecule has 3 aromatic rings. The van der Waals surface area contributed by atoms with Crippen LogP contribution in [0.4, 0.5) is 11.6 Å². The number of hydrogen-bond donors (Lipinski definition) is 1. The number of nitrogens with zero attached hydrogens (tertiary/aromatic N) is 8. The maximum absolute atomic E-state index is 12.4. The minimum absolute atomic E-state index is 0.167. The summed E-state index contributed by atoms with van der Waals surface area (Å²) in [6.07, 6.45) is 4.31. The number of rotatable bonds is 4. The van der Waals surface area contributed by atoms with E-state index in [1.54, 1.807) is 18.2 Å². The molecule has 0 radical (unpaired) electrons. The molecule has 1 aliphatic heterocycles. The Morgan fingerprint density at radius 2 is 1.96 bits per heavy atom. The molecular weight excluding hydrogens is 338 g/mol. The van der Waals surface area contributed by atoms with Crippen molar-refractivity contribution < 1.29 is 9.53 Å². The van der Waals surface area contributed by atoms with Crippen LogP contribution in [0.15, 0.2) is 37.2 Å². The molecule has 3 aromatic heterocycles.